The molecule has 0 aromatic heterocycles. The molecular formula is C13H28O2. The second-order valence-electron chi connectivity index (χ2n) is 4.83. The van der Waals surface area contributed by atoms with Gasteiger partial charge in [0.05, 0.1) is 13.2 Å². The molecule has 1 unspecified atom stereocenters. The van der Waals surface area contributed by atoms with Crippen LogP contribution in [-0.2, 0) is 9.47 Å². The lowest BCUT2D eigenvalue weighted by atomic mass is 9.77. The van der Waals surface area contributed by atoms with Gasteiger partial charge < -0.3 is 9.47 Å². The largest absolute Gasteiger partial charge is 0.384 e. The van der Waals surface area contributed by atoms with Gasteiger partial charge in [-0.2, -0.15) is 0 Å². The summed E-state index contributed by atoms with van der Waals surface area (Å²) in [6.07, 6.45) is 4.83. The summed E-state index contributed by atoms with van der Waals surface area (Å²) in [6.45, 7) is 8.44. The Kier molecular flexibility index (Phi) is 8.07. The maximum Gasteiger partial charge on any atom is 0.0540 e. The molecule has 0 bridgehead atoms. The first-order valence-electron chi connectivity index (χ1n) is 6.12. The fraction of sp³-hybridized carbons (Fsp3) is 1.00. The topological polar surface area (TPSA) is 18.5 Å². The molecule has 15 heavy (non-hydrogen) atoms. The second kappa shape index (κ2) is 8.12. The summed E-state index contributed by atoms with van der Waals surface area (Å²) in [6, 6.07) is 0. The quantitative estimate of drug-likeness (QED) is 0.587. The first kappa shape index (κ1) is 14.9. The van der Waals surface area contributed by atoms with Crippen LogP contribution in [0.3, 0.4) is 0 Å². The highest BCUT2D eigenvalue weighted by Crippen LogP contribution is 2.33. The molecule has 0 fully saturated rings. The highest BCUT2D eigenvalue weighted by molar-refractivity contribution is 4.80. The van der Waals surface area contributed by atoms with Gasteiger partial charge in [-0.1, -0.05) is 33.6 Å². The summed E-state index contributed by atoms with van der Waals surface area (Å²) in [5.41, 5.74) is 0.230. The van der Waals surface area contributed by atoms with Crippen LogP contribution in [0, 0.1) is 11.3 Å². The Labute approximate surface area is 95.3 Å². The SMILES string of the molecule is CCCC(COC)(COC)CC(C)CC. The van der Waals surface area contributed by atoms with Gasteiger partial charge in [0.2, 0.25) is 0 Å². The molecule has 0 aromatic rings. The van der Waals surface area contributed by atoms with Gasteiger partial charge in [-0.25, -0.2) is 0 Å². The molecule has 2 nitrogen and oxygen atoms in total. The van der Waals surface area contributed by atoms with E-state index in [0.29, 0.717) is 0 Å². The van der Waals surface area contributed by atoms with Gasteiger partial charge in [0, 0.05) is 19.6 Å². The van der Waals surface area contributed by atoms with E-state index in [4.69, 9.17) is 9.47 Å². The number of rotatable bonds is 9. The van der Waals surface area contributed by atoms with Gasteiger partial charge >= 0.3 is 0 Å². The molecule has 0 radical (unpaired) electrons. The van der Waals surface area contributed by atoms with Gasteiger partial charge in [-0.3, -0.25) is 0 Å². The van der Waals surface area contributed by atoms with Gasteiger partial charge in [-0.05, 0) is 18.8 Å². The van der Waals surface area contributed by atoms with Gasteiger partial charge in [0.1, 0.15) is 0 Å². The Balaban J connectivity index is 4.44. The number of methoxy groups -OCH3 is 2. The zero-order valence-corrected chi connectivity index (χ0v) is 11.1. The van der Waals surface area contributed by atoms with E-state index in [-0.39, 0.29) is 5.41 Å². The summed E-state index contributed by atoms with van der Waals surface area (Å²) in [4.78, 5) is 0. The third kappa shape index (κ3) is 5.53. The molecule has 0 amide bonds. The van der Waals surface area contributed by atoms with E-state index in [9.17, 15) is 0 Å². The van der Waals surface area contributed by atoms with Crippen molar-refractivity contribution >= 4 is 0 Å². The monoisotopic (exact) mass is 216 g/mol. The Bertz CT molecular complexity index is 128. The molecule has 92 valence electrons. The average Bonchev–Trinajstić information content (AvgIpc) is 2.18. The van der Waals surface area contributed by atoms with Crippen LogP contribution < -0.4 is 0 Å². The molecule has 0 aliphatic heterocycles. The summed E-state index contributed by atoms with van der Waals surface area (Å²) < 4.78 is 10.8. The molecule has 0 N–H and O–H groups in total. The lowest BCUT2D eigenvalue weighted by Crippen LogP contribution is -2.33. The van der Waals surface area contributed by atoms with E-state index in [1.165, 1.54) is 25.7 Å². The standard InChI is InChI=1S/C13H28O2/c1-6-8-13(10-14-4,11-15-5)9-12(3)7-2/h12H,6-11H2,1-5H3. The summed E-state index contributed by atoms with van der Waals surface area (Å²) in [7, 11) is 3.58. The fourth-order valence-electron chi connectivity index (χ4n) is 2.43. The van der Waals surface area contributed by atoms with Crippen LogP contribution in [-0.4, -0.2) is 27.4 Å². The Morgan fingerprint density at radius 2 is 1.60 bits per heavy atom. The molecule has 0 aromatic carbocycles. The van der Waals surface area contributed by atoms with Crippen molar-refractivity contribution in [3.63, 3.8) is 0 Å². The van der Waals surface area contributed by atoms with Crippen LogP contribution in [0.1, 0.15) is 46.5 Å². The van der Waals surface area contributed by atoms with Crippen molar-refractivity contribution in [2.24, 2.45) is 11.3 Å². The van der Waals surface area contributed by atoms with E-state index >= 15 is 0 Å². The zero-order chi connectivity index (χ0) is 11.7. The first-order chi connectivity index (χ1) is 7.14. The molecule has 1 atom stereocenters. The third-order valence-electron chi connectivity index (χ3n) is 3.16. The molecule has 0 saturated heterocycles. The number of hydrogen-bond acceptors (Lipinski definition) is 2. The van der Waals surface area contributed by atoms with Crippen molar-refractivity contribution in [3.05, 3.63) is 0 Å². The lowest BCUT2D eigenvalue weighted by molar-refractivity contribution is -0.0109. The van der Waals surface area contributed by atoms with Gasteiger partial charge in [0.25, 0.3) is 0 Å². The van der Waals surface area contributed by atoms with Crippen LogP contribution in [0.15, 0.2) is 0 Å². The highest BCUT2D eigenvalue weighted by Gasteiger charge is 2.30. The van der Waals surface area contributed by atoms with Crippen LogP contribution in [0.4, 0.5) is 0 Å². The minimum atomic E-state index is 0.230. The van der Waals surface area contributed by atoms with Crippen molar-refractivity contribution in [2.75, 3.05) is 27.4 Å². The summed E-state index contributed by atoms with van der Waals surface area (Å²) in [5.74, 6) is 0.752. The van der Waals surface area contributed by atoms with Crippen molar-refractivity contribution in [3.8, 4) is 0 Å². The molecule has 0 rings (SSSR count). The van der Waals surface area contributed by atoms with Crippen LogP contribution in [0.2, 0.25) is 0 Å². The molecule has 2 heteroatoms. The predicted octanol–water partition coefficient (Wildman–Crippen LogP) is 3.50. The lowest BCUT2D eigenvalue weighted by Gasteiger charge is -2.34. The molecule has 0 heterocycles. The molecule has 0 aliphatic rings. The smallest absolute Gasteiger partial charge is 0.0540 e. The molecule has 0 spiro atoms. The predicted molar refractivity (Wildman–Crippen MR) is 65.2 cm³/mol. The van der Waals surface area contributed by atoms with Crippen molar-refractivity contribution in [1.82, 2.24) is 0 Å². The minimum absolute atomic E-state index is 0.230. The van der Waals surface area contributed by atoms with Crippen molar-refractivity contribution in [1.29, 1.82) is 0 Å². The maximum absolute atomic E-state index is 5.38. The molecule has 0 saturated carbocycles. The first-order valence-corrected chi connectivity index (χ1v) is 6.12. The zero-order valence-electron chi connectivity index (χ0n) is 11.1. The molecule has 0 aliphatic carbocycles. The van der Waals surface area contributed by atoms with Crippen LogP contribution >= 0.6 is 0 Å². The molecular weight excluding hydrogens is 188 g/mol. The Morgan fingerprint density at radius 1 is 1.07 bits per heavy atom. The van der Waals surface area contributed by atoms with E-state index in [1.54, 1.807) is 14.2 Å². The van der Waals surface area contributed by atoms with Gasteiger partial charge in [-0.15, -0.1) is 0 Å². The summed E-state index contributed by atoms with van der Waals surface area (Å²) >= 11 is 0. The summed E-state index contributed by atoms with van der Waals surface area (Å²) in [5, 5.41) is 0. The second-order valence-corrected chi connectivity index (χ2v) is 4.83. The highest BCUT2D eigenvalue weighted by atomic mass is 16.5. The third-order valence-corrected chi connectivity index (χ3v) is 3.16. The fourth-order valence-corrected chi connectivity index (χ4v) is 2.43. The minimum Gasteiger partial charge on any atom is -0.384 e. The van der Waals surface area contributed by atoms with Crippen LogP contribution in [0.25, 0.3) is 0 Å². The van der Waals surface area contributed by atoms with Gasteiger partial charge in [0.15, 0.2) is 0 Å². The van der Waals surface area contributed by atoms with E-state index in [0.717, 1.165) is 19.1 Å². The average molecular weight is 216 g/mol. The normalized spacial score (nSPS) is 14.2. The van der Waals surface area contributed by atoms with E-state index < -0.39 is 0 Å². The number of ether oxygens (including phenoxy) is 2. The number of hydrogen-bond donors (Lipinski definition) is 0. The maximum atomic E-state index is 5.38. The Hall–Kier alpha value is -0.0800. The van der Waals surface area contributed by atoms with E-state index in [2.05, 4.69) is 20.8 Å². The van der Waals surface area contributed by atoms with Crippen LogP contribution in [0.5, 0.6) is 0 Å². The van der Waals surface area contributed by atoms with Crippen molar-refractivity contribution in [2.45, 2.75) is 46.5 Å². The Morgan fingerprint density at radius 3 is 1.93 bits per heavy atom. The van der Waals surface area contributed by atoms with Crippen molar-refractivity contribution < 1.29 is 9.47 Å². The van der Waals surface area contributed by atoms with E-state index in [1.807, 2.05) is 0 Å².